The van der Waals surface area contributed by atoms with Gasteiger partial charge in [-0.3, -0.25) is 4.79 Å². The molecule has 0 aliphatic rings. The minimum Gasteiger partial charge on any atom is -0.373 e. The van der Waals surface area contributed by atoms with Crippen molar-refractivity contribution in [3.05, 3.63) is 94.4 Å². The topological polar surface area (TPSA) is 66.4 Å². The van der Waals surface area contributed by atoms with E-state index in [4.69, 9.17) is 0 Å². The van der Waals surface area contributed by atoms with Gasteiger partial charge in [0.05, 0.1) is 17.9 Å². The fourth-order valence-corrected chi connectivity index (χ4v) is 2.98. The van der Waals surface area contributed by atoms with Crippen molar-refractivity contribution in [3.8, 4) is 0 Å². The van der Waals surface area contributed by atoms with Gasteiger partial charge < -0.3 is 20.1 Å². The van der Waals surface area contributed by atoms with Gasteiger partial charge >= 0.3 is 6.03 Å². The van der Waals surface area contributed by atoms with E-state index >= 15 is 0 Å². The standard InChI is InChI=1S/C23H26N4O2/c1-3-26(2)21-9-5-4-8-20(21)25-23(29)24-16-18-11-13-19(14-12-18)17-27-15-7-6-10-22(27)28/h4-15H,3,16-17H2,1-2H3,(H2,24,25,29). The summed E-state index contributed by atoms with van der Waals surface area (Å²) >= 11 is 0. The molecule has 2 N–H and O–H groups in total. The summed E-state index contributed by atoms with van der Waals surface area (Å²) in [5.41, 5.74) is 3.75. The van der Waals surface area contributed by atoms with Gasteiger partial charge in [-0.05, 0) is 36.2 Å². The molecule has 3 aromatic rings. The van der Waals surface area contributed by atoms with E-state index in [-0.39, 0.29) is 11.6 Å². The van der Waals surface area contributed by atoms with Crippen LogP contribution >= 0.6 is 0 Å². The molecule has 2 aromatic carbocycles. The summed E-state index contributed by atoms with van der Waals surface area (Å²) < 4.78 is 1.66. The summed E-state index contributed by atoms with van der Waals surface area (Å²) in [7, 11) is 1.99. The largest absolute Gasteiger partial charge is 0.373 e. The molecule has 29 heavy (non-hydrogen) atoms. The van der Waals surface area contributed by atoms with Gasteiger partial charge in [-0.2, -0.15) is 0 Å². The Balaban J connectivity index is 1.56. The molecule has 0 saturated carbocycles. The van der Waals surface area contributed by atoms with E-state index < -0.39 is 0 Å². The molecular weight excluding hydrogens is 364 g/mol. The van der Waals surface area contributed by atoms with E-state index in [1.165, 1.54) is 0 Å². The summed E-state index contributed by atoms with van der Waals surface area (Å²) in [6, 6.07) is 20.5. The van der Waals surface area contributed by atoms with Crippen molar-refractivity contribution >= 4 is 17.4 Å². The lowest BCUT2D eigenvalue weighted by atomic mass is 10.1. The van der Waals surface area contributed by atoms with Crippen molar-refractivity contribution in [1.82, 2.24) is 9.88 Å². The van der Waals surface area contributed by atoms with Gasteiger partial charge in [0.2, 0.25) is 0 Å². The van der Waals surface area contributed by atoms with Gasteiger partial charge in [0, 0.05) is 32.4 Å². The van der Waals surface area contributed by atoms with Crippen LogP contribution in [-0.4, -0.2) is 24.2 Å². The lowest BCUT2D eigenvalue weighted by Crippen LogP contribution is -2.29. The molecular formula is C23H26N4O2. The number of nitrogens with zero attached hydrogens (tertiary/aromatic N) is 2. The number of carbonyl (C=O) groups excluding carboxylic acids is 1. The van der Waals surface area contributed by atoms with Crippen LogP contribution in [0.2, 0.25) is 0 Å². The summed E-state index contributed by atoms with van der Waals surface area (Å²) in [4.78, 5) is 26.2. The highest BCUT2D eigenvalue weighted by Gasteiger charge is 2.08. The van der Waals surface area contributed by atoms with Crippen LogP contribution in [0.4, 0.5) is 16.2 Å². The molecule has 0 saturated heterocycles. The highest BCUT2D eigenvalue weighted by Crippen LogP contribution is 2.24. The second-order valence-electron chi connectivity index (χ2n) is 6.82. The second kappa shape index (κ2) is 9.59. The monoisotopic (exact) mass is 390 g/mol. The van der Waals surface area contributed by atoms with Gasteiger partial charge in [-0.1, -0.05) is 42.5 Å². The Hall–Kier alpha value is -3.54. The Morgan fingerprint density at radius 2 is 1.66 bits per heavy atom. The molecule has 0 aliphatic carbocycles. The van der Waals surface area contributed by atoms with E-state index in [1.807, 2.05) is 61.6 Å². The van der Waals surface area contributed by atoms with E-state index in [2.05, 4.69) is 22.5 Å². The van der Waals surface area contributed by atoms with Gasteiger partial charge in [-0.15, -0.1) is 0 Å². The van der Waals surface area contributed by atoms with E-state index in [0.717, 1.165) is 29.0 Å². The average Bonchev–Trinajstić information content (AvgIpc) is 2.75. The first-order valence-corrected chi connectivity index (χ1v) is 9.65. The number of hydrogen-bond donors (Lipinski definition) is 2. The lowest BCUT2D eigenvalue weighted by Gasteiger charge is -2.21. The molecule has 0 unspecified atom stereocenters. The van der Waals surface area contributed by atoms with Crippen LogP contribution in [0, 0.1) is 0 Å². The number of nitrogens with one attached hydrogen (secondary N) is 2. The van der Waals surface area contributed by atoms with Crippen LogP contribution in [0.25, 0.3) is 0 Å². The number of pyridine rings is 1. The Morgan fingerprint density at radius 3 is 2.38 bits per heavy atom. The van der Waals surface area contributed by atoms with Crippen LogP contribution in [0.3, 0.4) is 0 Å². The SMILES string of the molecule is CCN(C)c1ccccc1NC(=O)NCc1ccc(Cn2ccccc2=O)cc1. The predicted molar refractivity (Wildman–Crippen MR) is 117 cm³/mol. The molecule has 0 bridgehead atoms. The van der Waals surface area contributed by atoms with E-state index in [9.17, 15) is 9.59 Å². The van der Waals surface area contributed by atoms with Crippen molar-refractivity contribution < 1.29 is 4.79 Å². The minimum atomic E-state index is -0.248. The number of rotatable bonds is 7. The first kappa shape index (κ1) is 20.2. The zero-order chi connectivity index (χ0) is 20.6. The van der Waals surface area contributed by atoms with E-state index in [1.54, 1.807) is 22.9 Å². The molecule has 2 amide bonds. The number of anilines is 2. The third-order valence-electron chi connectivity index (χ3n) is 4.77. The number of benzene rings is 2. The molecule has 3 rings (SSSR count). The van der Waals surface area contributed by atoms with Gasteiger partial charge in [-0.25, -0.2) is 4.79 Å². The number of urea groups is 1. The molecule has 1 aromatic heterocycles. The zero-order valence-electron chi connectivity index (χ0n) is 16.8. The Bertz CT molecular complexity index is 1010. The molecule has 6 heteroatoms. The molecule has 0 radical (unpaired) electrons. The van der Waals surface area contributed by atoms with Crippen LogP contribution in [0.5, 0.6) is 0 Å². The normalized spacial score (nSPS) is 10.4. The van der Waals surface area contributed by atoms with Gasteiger partial charge in [0.15, 0.2) is 0 Å². The van der Waals surface area contributed by atoms with Crippen LogP contribution in [-0.2, 0) is 13.1 Å². The third-order valence-corrected chi connectivity index (χ3v) is 4.77. The number of carbonyl (C=O) groups is 1. The van der Waals surface area contributed by atoms with Crippen LogP contribution in [0.1, 0.15) is 18.1 Å². The quantitative estimate of drug-likeness (QED) is 0.647. The highest BCUT2D eigenvalue weighted by molar-refractivity contribution is 5.93. The van der Waals surface area contributed by atoms with Gasteiger partial charge in [0.25, 0.3) is 5.56 Å². The average molecular weight is 390 g/mol. The summed E-state index contributed by atoms with van der Waals surface area (Å²) in [6.45, 7) is 3.86. The Labute approximate surface area is 170 Å². The minimum absolute atomic E-state index is 0.0242. The molecule has 1 heterocycles. The van der Waals surface area contributed by atoms with Crippen molar-refractivity contribution in [2.45, 2.75) is 20.0 Å². The maximum atomic E-state index is 12.3. The maximum Gasteiger partial charge on any atom is 0.319 e. The first-order valence-electron chi connectivity index (χ1n) is 9.65. The van der Waals surface area contributed by atoms with Crippen molar-refractivity contribution in [2.75, 3.05) is 23.8 Å². The van der Waals surface area contributed by atoms with Crippen LogP contribution < -0.4 is 21.1 Å². The lowest BCUT2D eigenvalue weighted by molar-refractivity contribution is 0.251. The number of amides is 2. The Morgan fingerprint density at radius 1 is 0.966 bits per heavy atom. The number of hydrogen-bond acceptors (Lipinski definition) is 3. The van der Waals surface area contributed by atoms with Crippen molar-refractivity contribution in [3.63, 3.8) is 0 Å². The third kappa shape index (κ3) is 5.48. The Kier molecular flexibility index (Phi) is 6.68. The summed E-state index contributed by atoms with van der Waals surface area (Å²) in [6.07, 6.45) is 1.77. The number of para-hydroxylation sites is 2. The predicted octanol–water partition coefficient (Wildman–Crippen LogP) is 3.67. The van der Waals surface area contributed by atoms with Crippen LogP contribution in [0.15, 0.2) is 77.7 Å². The smallest absolute Gasteiger partial charge is 0.319 e. The zero-order valence-corrected chi connectivity index (χ0v) is 16.8. The molecule has 0 fully saturated rings. The first-order chi connectivity index (χ1) is 14.1. The number of aromatic nitrogens is 1. The molecule has 0 spiro atoms. The van der Waals surface area contributed by atoms with Gasteiger partial charge in [0.1, 0.15) is 0 Å². The molecule has 6 nitrogen and oxygen atoms in total. The summed E-state index contributed by atoms with van der Waals surface area (Å²) in [5.74, 6) is 0. The van der Waals surface area contributed by atoms with Crippen molar-refractivity contribution in [1.29, 1.82) is 0 Å². The highest BCUT2D eigenvalue weighted by atomic mass is 16.2. The molecule has 150 valence electrons. The second-order valence-corrected chi connectivity index (χ2v) is 6.82. The fraction of sp³-hybridized carbons (Fsp3) is 0.217. The van der Waals surface area contributed by atoms with E-state index in [0.29, 0.717) is 13.1 Å². The summed E-state index contributed by atoms with van der Waals surface area (Å²) in [5, 5.41) is 5.80. The maximum absolute atomic E-state index is 12.3. The van der Waals surface area contributed by atoms with Crippen molar-refractivity contribution in [2.24, 2.45) is 0 Å². The molecule has 0 atom stereocenters. The fourth-order valence-electron chi connectivity index (χ4n) is 2.98. The molecule has 0 aliphatic heterocycles.